The van der Waals surface area contributed by atoms with Crippen LogP contribution in [0.15, 0.2) is 0 Å². The highest BCUT2D eigenvalue weighted by Crippen LogP contribution is 2.15. The summed E-state index contributed by atoms with van der Waals surface area (Å²) in [5.74, 6) is 0.852. The highest BCUT2D eigenvalue weighted by atomic mass is 16.3. The molecule has 1 rings (SSSR count). The lowest BCUT2D eigenvalue weighted by Crippen LogP contribution is -2.38. The smallest absolute Gasteiger partial charge is 0.0558 e. The van der Waals surface area contributed by atoms with Gasteiger partial charge in [-0.15, -0.1) is 0 Å². The number of rotatable bonds is 4. The second-order valence-electron chi connectivity index (χ2n) is 3.57. The van der Waals surface area contributed by atoms with Crippen molar-refractivity contribution in [3.05, 3.63) is 0 Å². The van der Waals surface area contributed by atoms with Crippen LogP contribution < -0.4 is 5.32 Å². The van der Waals surface area contributed by atoms with Crippen LogP contribution in [0.1, 0.15) is 12.8 Å². The minimum absolute atomic E-state index is 0.302. The molecule has 1 aliphatic heterocycles. The van der Waals surface area contributed by atoms with Crippen molar-refractivity contribution < 1.29 is 5.11 Å². The van der Waals surface area contributed by atoms with Gasteiger partial charge < -0.3 is 15.3 Å². The summed E-state index contributed by atoms with van der Waals surface area (Å²) in [4.78, 5) is 2.34. The van der Waals surface area contributed by atoms with Crippen LogP contribution in [0, 0.1) is 5.92 Å². The summed E-state index contributed by atoms with van der Waals surface area (Å²) < 4.78 is 0. The van der Waals surface area contributed by atoms with Crippen LogP contribution in [0.5, 0.6) is 0 Å². The molecule has 72 valence electrons. The third-order valence-electron chi connectivity index (χ3n) is 2.62. The summed E-state index contributed by atoms with van der Waals surface area (Å²) >= 11 is 0. The van der Waals surface area contributed by atoms with Gasteiger partial charge in [0.15, 0.2) is 0 Å². The van der Waals surface area contributed by atoms with Gasteiger partial charge in [0.1, 0.15) is 0 Å². The normalized spacial score (nSPS) is 21.5. The number of hydrogen-bond donors (Lipinski definition) is 2. The summed E-state index contributed by atoms with van der Waals surface area (Å²) in [6.45, 7) is 4.62. The Labute approximate surface area is 74.8 Å². The van der Waals surface area contributed by atoms with Gasteiger partial charge in [0.05, 0.1) is 6.61 Å². The van der Waals surface area contributed by atoms with E-state index in [2.05, 4.69) is 10.2 Å². The molecule has 1 saturated heterocycles. The maximum Gasteiger partial charge on any atom is 0.0558 e. The summed E-state index contributed by atoms with van der Waals surface area (Å²) in [6, 6.07) is 0. The largest absolute Gasteiger partial charge is 0.395 e. The number of β-amino-alcohol motifs (C(OH)–C–C–N with tert-alkyl or cyclic N) is 1. The quantitative estimate of drug-likeness (QED) is 0.622. The number of likely N-dealkylation sites (tertiary alicyclic amines) is 1. The zero-order valence-corrected chi connectivity index (χ0v) is 7.92. The Morgan fingerprint density at radius 2 is 2.08 bits per heavy atom. The monoisotopic (exact) mass is 172 g/mol. The van der Waals surface area contributed by atoms with Crippen molar-refractivity contribution in [1.29, 1.82) is 0 Å². The standard InChI is InChI=1S/C9H20N2O/c1-10-8-9-2-4-11(5-3-9)6-7-12/h9-10,12H,2-8H2,1H3. The molecule has 1 aliphatic rings. The molecule has 0 amide bonds. The van der Waals surface area contributed by atoms with Gasteiger partial charge in [-0.25, -0.2) is 0 Å². The second kappa shape index (κ2) is 5.51. The molecule has 12 heavy (non-hydrogen) atoms. The molecule has 0 aromatic heterocycles. The van der Waals surface area contributed by atoms with Gasteiger partial charge in [0.2, 0.25) is 0 Å². The number of nitrogens with zero attached hydrogens (tertiary/aromatic N) is 1. The molecule has 1 heterocycles. The highest BCUT2D eigenvalue weighted by Gasteiger charge is 2.17. The molecular formula is C9H20N2O. The van der Waals surface area contributed by atoms with Gasteiger partial charge in [-0.3, -0.25) is 0 Å². The van der Waals surface area contributed by atoms with Crippen molar-refractivity contribution in [1.82, 2.24) is 10.2 Å². The predicted molar refractivity (Wildman–Crippen MR) is 50.2 cm³/mol. The summed E-state index contributed by atoms with van der Waals surface area (Å²) in [7, 11) is 2.01. The first-order valence-corrected chi connectivity index (χ1v) is 4.84. The van der Waals surface area contributed by atoms with Crippen LogP contribution in [0.3, 0.4) is 0 Å². The molecule has 0 aromatic carbocycles. The van der Waals surface area contributed by atoms with Crippen molar-refractivity contribution in [2.75, 3.05) is 39.8 Å². The molecule has 0 bridgehead atoms. The molecule has 3 heteroatoms. The molecule has 2 N–H and O–H groups in total. The van der Waals surface area contributed by atoms with E-state index < -0.39 is 0 Å². The maximum absolute atomic E-state index is 8.73. The SMILES string of the molecule is CNCC1CCN(CCO)CC1. The van der Waals surface area contributed by atoms with Gasteiger partial charge >= 0.3 is 0 Å². The fourth-order valence-electron chi connectivity index (χ4n) is 1.84. The molecule has 0 atom stereocenters. The Kier molecular flexibility index (Phi) is 4.58. The Balaban J connectivity index is 2.11. The molecule has 3 nitrogen and oxygen atoms in total. The van der Waals surface area contributed by atoms with Crippen LogP contribution in [-0.2, 0) is 0 Å². The Morgan fingerprint density at radius 1 is 1.42 bits per heavy atom. The average molecular weight is 172 g/mol. The van der Waals surface area contributed by atoms with E-state index in [4.69, 9.17) is 5.11 Å². The fraction of sp³-hybridized carbons (Fsp3) is 1.00. The molecule has 0 radical (unpaired) electrons. The number of aliphatic hydroxyl groups excluding tert-OH is 1. The van der Waals surface area contributed by atoms with Gasteiger partial charge in [-0.05, 0) is 45.4 Å². The predicted octanol–water partition coefficient (Wildman–Crippen LogP) is -0.0899. The molecular weight excluding hydrogens is 152 g/mol. The number of aliphatic hydroxyl groups is 1. The van der Waals surface area contributed by atoms with E-state index >= 15 is 0 Å². The minimum atomic E-state index is 0.302. The lowest BCUT2D eigenvalue weighted by Gasteiger charge is -2.31. The average Bonchev–Trinajstić information content (AvgIpc) is 2.09. The molecule has 1 fully saturated rings. The summed E-state index contributed by atoms with van der Waals surface area (Å²) in [5, 5.41) is 12.0. The topological polar surface area (TPSA) is 35.5 Å². The van der Waals surface area contributed by atoms with Gasteiger partial charge in [-0.2, -0.15) is 0 Å². The van der Waals surface area contributed by atoms with E-state index in [1.807, 2.05) is 7.05 Å². The number of piperidine rings is 1. The number of hydrogen-bond acceptors (Lipinski definition) is 3. The van der Waals surface area contributed by atoms with Crippen molar-refractivity contribution in [3.8, 4) is 0 Å². The zero-order chi connectivity index (χ0) is 8.81. The molecule has 0 saturated carbocycles. The first-order chi connectivity index (χ1) is 5.86. The van der Waals surface area contributed by atoms with Crippen molar-refractivity contribution >= 4 is 0 Å². The molecule has 0 aliphatic carbocycles. The first-order valence-electron chi connectivity index (χ1n) is 4.84. The minimum Gasteiger partial charge on any atom is -0.395 e. The first kappa shape index (κ1) is 9.96. The van der Waals surface area contributed by atoms with E-state index in [-0.39, 0.29) is 0 Å². The van der Waals surface area contributed by atoms with Gasteiger partial charge in [-0.1, -0.05) is 0 Å². The van der Waals surface area contributed by atoms with Crippen LogP contribution in [0.25, 0.3) is 0 Å². The van der Waals surface area contributed by atoms with E-state index in [0.717, 1.165) is 32.1 Å². The Morgan fingerprint density at radius 3 is 2.58 bits per heavy atom. The van der Waals surface area contributed by atoms with E-state index in [1.165, 1.54) is 12.8 Å². The summed E-state index contributed by atoms with van der Waals surface area (Å²) in [5.41, 5.74) is 0. The Hall–Kier alpha value is -0.120. The van der Waals surface area contributed by atoms with Gasteiger partial charge in [0, 0.05) is 6.54 Å². The highest BCUT2D eigenvalue weighted by molar-refractivity contribution is 4.72. The third-order valence-corrected chi connectivity index (χ3v) is 2.62. The van der Waals surface area contributed by atoms with E-state index in [1.54, 1.807) is 0 Å². The lowest BCUT2D eigenvalue weighted by atomic mass is 9.97. The molecule has 0 spiro atoms. The molecule has 0 aromatic rings. The van der Waals surface area contributed by atoms with Crippen molar-refractivity contribution in [2.45, 2.75) is 12.8 Å². The Bertz CT molecular complexity index is 97.1. The van der Waals surface area contributed by atoms with Gasteiger partial charge in [0.25, 0.3) is 0 Å². The number of nitrogens with one attached hydrogen (secondary N) is 1. The zero-order valence-electron chi connectivity index (χ0n) is 7.92. The van der Waals surface area contributed by atoms with Crippen LogP contribution >= 0.6 is 0 Å². The summed E-state index contributed by atoms with van der Waals surface area (Å²) in [6.07, 6.45) is 2.56. The van der Waals surface area contributed by atoms with Crippen LogP contribution in [-0.4, -0.2) is 49.8 Å². The maximum atomic E-state index is 8.73. The van der Waals surface area contributed by atoms with Crippen LogP contribution in [0.2, 0.25) is 0 Å². The fourth-order valence-corrected chi connectivity index (χ4v) is 1.84. The lowest BCUT2D eigenvalue weighted by molar-refractivity contribution is 0.147. The van der Waals surface area contributed by atoms with Crippen molar-refractivity contribution in [2.24, 2.45) is 5.92 Å². The van der Waals surface area contributed by atoms with E-state index in [0.29, 0.717) is 6.61 Å². The van der Waals surface area contributed by atoms with Crippen LogP contribution in [0.4, 0.5) is 0 Å². The van der Waals surface area contributed by atoms with E-state index in [9.17, 15) is 0 Å². The molecule has 0 unspecified atom stereocenters. The van der Waals surface area contributed by atoms with Crippen molar-refractivity contribution in [3.63, 3.8) is 0 Å². The third kappa shape index (κ3) is 3.09. The second-order valence-corrected chi connectivity index (χ2v) is 3.57.